The highest BCUT2D eigenvalue weighted by molar-refractivity contribution is 7.99. The van der Waals surface area contributed by atoms with Crippen LogP contribution >= 0.6 is 11.8 Å². The standard InChI is InChI=1S/C22H18F3N3O2S/c1-3-11-29-19-17-20(30-18(26-17)14-6-4-5-13(2)12-14)28-21(27-19)31-16-9-7-15(8-10-16)22(23,24)25/h4-10,12H,3,11H2,1-2H3. The number of hydrogen-bond donors (Lipinski definition) is 0. The SMILES string of the molecule is CCCOc1nc(Sc2ccc(C(F)(F)F)cc2)nc2oc(-c3cccc(C)c3)nc12. The van der Waals surface area contributed by atoms with E-state index < -0.39 is 11.7 Å². The van der Waals surface area contributed by atoms with E-state index in [1.807, 2.05) is 38.1 Å². The Hall–Kier alpha value is -3.07. The van der Waals surface area contributed by atoms with Gasteiger partial charge in [-0.1, -0.05) is 24.6 Å². The van der Waals surface area contributed by atoms with Crippen LogP contribution in [0.2, 0.25) is 0 Å². The lowest BCUT2D eigenvalue weighted by Crippen LogP contribution is -2.04. The van der Waals surface area contributed by atoms with E-state index in [-0.39, 0.29) is 11.6 Å². The fraction of sp³-hybridized carbons (Fsp3) is 0.227. The number of nitrogens with zero attached hydrogens (tertiary/aromatic N) is 3. The molecule has 160 valence electrons. The van der Waals surface area contributed by atoms with Gasteiger partial charge in [-0.05, 0) is 61.5 Å². The molecule has 2 aromatic heterocycles. The lowest BCUT2D eigenvalue weighted by Gasteiger charge is -2.08. The van der Waals surface area contributed by atoms with Gasteiger partial charge in [-0.3, -0.25) is 0 Å². The van der Waals surface area contributed by atoms with E-state index >= 15 is 0 Å². The number of aryl methyl sites for hydroxylation is 1. The summed E-state index contributed by atoms with van der Waals surface area (Å²) in [5.41, 5.74) is 1.81. The molecular formula is C22H18F3N3O2S. The molecule has 0 amide bonds. The fourth-order valence-electron chi connectivity index (χ4n) is 2.84. The van der Waals surface area contributed by atoms with Crippen molar-refractivity contribution < 1.29 is 22.3 Å². The summed E-state index contributed by atoms with van der Waals surface area (Å²) in [6.07, 6.45) is -3.61. The molecule has 0 spiro atoms. The maximum absolute atomic E-state index is 12.8. The molecule has 0 N–H and O–H groups in total. The fourth-order valence-corrected chi connectivity index (χ4v) is 3.58. The van der Waals surface area contributed by atoms with Gasteiger partial charge in [-0.15, -0.1) is 0 Å². The van der Waals surface area contributed by atoms with Crippen molar-refractivity contribution in [3.8, 4) is 17.3 Å². The van der Waals surface area contributed by atoms with E-state index in [9.17, 15) is 13.2 Å². The van der Waals surface area contributed by atoms with Gasteiger partial charge in [0.2, 0.25) is 11.8 Å². The second-order valence-corrected chi connectivity index (χ2v) is 7.87. The number of fused-ring (bicyclic) bond motifs is 1. The highest BCUT2D eigenvalue weighted by Gasteiger charge is 2.30. The van der Waals surface area contributed by atoms with Crippen LogP contribution in [-0.2, 0) is 6.18 Å². The average molecular weight is 445 g/mol. The summed E-state index contributed by atoms with van der Waals surface area (Å²) >= 11 is 1.12. The number of rotatable bonds is 6. The first-order chi connectivity index (χ1) is 14.8. The van der Waals surface area contributed by atoms with E-state index in [2.05, 4.69) is 15.0 Å². The Balaban J connectivity index is 1.70. The van der Waals surface area contributed by atoms with Crippen LogP contribution in [-0.4, -0.2) is 21.6 Å². The number of halogens is 3. The zero-order valence-corrected chi connectivity index (χ0v) is 17.5. The van der Waals surface area contributed by atoms with Gasteiger partial charge in [0.1, 0.15) is 0 Å². The van der Waals surface area contributed by atoms with Crippen molar-refractivity contribution in [2.45, 2.75) is 36.5 Å². The Morgan fingerprint density at radius 1 is 1.03 bits per heavy atom. The third kappa shape index (κ3) is 4.82. The number of ether oxygens (including phenoxy) is 1. The topological polar surface area (TPSA) is 61.0 Å². The number of aromatic nitrogens is 3. The first-order valence-electron chi connectivity index (χ1n) is 9.57. The Bertz CT molecular complexity index is 1210. The molecule has 31 heavy (non-hydrogen) atoms. The van der Waals surface area contributed by atoms with Crippen LogP contribution in [0.15, 0.2) is 63.0 Å². The Kier molecular flexibility index (Phi) is 5.86. The molecule has 0 radical (unpaired) electrons. The summed E-state index contributed by atoms with van der Waals surface area (Å²) in [4.78, 5) is 13.9. The van der Waals surface area contributed by atoms with E-state index in [0.29, 0.717) is 28.1 Å². The Labute approximate surface area is 180 Å². The number of oxazole rings is 1. The smallest absolute Gasteiger partial charge is 0.416 e. The minimum atomic E-state index is -4.38. The van der Waals surface area contributed by atoms with Gasteiger partial charge in [-0.2, -0.15) is 23.1 Å². The number of hydrogen-bond acceptors (Lipinski definition) is 6. The quantitative estimate of drug-likeness (QED) is 0.314. The van der Waals surface area contributed by atoms with Crippen molar-refractivity contribution in [1.82, 2.24) is 15.0 Å². The molecular weight excluding hydrogens is 427 g/mol. The molecule has 0 atom stereocenters. The van der Waals surface area contributed by atoms with Crippen molar-refractivity contribution in [2.24, 2.45) is 0 Å². The summed E-state index contributed by atoms with van der Waals surface area (Å²) in [5.74, 6) is 0.676. The predicted octanol–water partition coefficient (Wildman–Crippen LogP) is 6.55. The molecule has 2 heterocycles. The molecule has 0 unspecified atom stereocenters. The van der Waals surface area contributed by atoms with Crippen molar-refractivity contribution >= 4 is 23.0 Å². The second-order valence-electron chi connectivity index (χ2n) is 6.83. The zero-order chi connectivity index (χ0) is 22.0. The van der Waals surface area contributed by atoms with Gasteiger partial charge in [0.15, 0.2) is 10.7 Å². The third-order valence-corrected chi connectivity index (χ3v) is 5.18. The maximum atomic E-state index is 12.8. The van der Waals surface area contributed by atoms with Gasteiger partial charge in [0.05, 0.1) is 12.2 Å². The van der Waals surface area contributed by atoms with Crippen molar-refractivity contribution in [3.63, 3.8) is 0 Å². The van der Waals surface area contributed by atoms with Crippen LogP contribution < -0.4 is 4.74 Å². The molecule has 0 bridgehead atoms. The number of alkyl halides is 3. The molecule has 0 saturated heterocycles. The van der Waals surface area contributed by atoms with E-state index in [1.54, 1.807) is 0 Å². The van der Waals surface area contributed by atoms with Gasteiger partial charge in [0, 0.05) is 10.5 Å². The molecule has 0 aliphatic rings. The van der Waals surface area contributed by atoms with Crippen LogP contribution in [0, 0.1) is 6.92 Å². The van der Waals surface area contributed by atoms with Gasteiger partial charge in [-0.25, -0.2) is 4.98 Å². The lowest BCUT2D eigenvalue weighted by atomic mass is 10.1. The van der Waals surface area contributed by atoms with E-state index in [4.69, 9.17) is 9.15 Å². The van der Waals surface area contributed by atoms with Gasteiger partial charge < -0.3 is 9.15 Å². The monoisotopic (exact) mass is 445 g/mol. The van der Waals surface area contributed by atoms with Crippen molar-refractivity contribution in [3.05, 3.63) is 59.7 Å². The summed E-state index contributed by atoms with van der Waals surface area (Å²) in [6.45, 7) is 4.38. The second kappa shape index (κ2) is 8.58. The third-order valence-electron chi connectivity index (χ3n) is 4.30. The normalized spacial score (nSPS) is 11.8. The number of benzene rings is 2. The summed E-state index contributed by atoms with van der Waals surface area (Å²) in [6, 6.07) is 12.5. The first kappa shape index (κ1) is 21.2. The lowest BCUT2D eigenvalue weighted by molar-refractivity contribution is -0.137. The summed E-state index contributed by atoms with van der Waals surface area (Å²) < 4.78 is 50.0. The molecule has 9 heteroatoms. The minimum Gasteiger partial charge on any atom is -0.476 e. The van der Waals surface area contributed by atoms with E-state index in [1.165, 1.54) is 12.1 Å². The molecule has 4 rings (SSSR count). The zero-order valence-electron chi connectivity index (χ0n) is 16.7. The average Bonchev–Trinajstić information content (AvgIpc) is 3.16. The Morgan fingerprint density at radius 2 is 1.81 bits per heavy atom. The molecule has 0 saturated carbocycles. The van der Waals surface area contributed by atoms with E-state index in [0.717, 1.165) is 41.4 Å². The molecule has 4 aromatic rings. The molecule has 0 aliphatic carbocycles. The van der Waals surface area contributed by atoms with Crippen LogP contribution in [0.4, 0.5) is 13.2 Å². The van der Waals surface area contributed by atoms with Gasteiger partial charge >= 0.3 is 6.18 Å². The summed E-state index contributed by atoms with van der Waals surface area (Å²) in [7, 11) is 0. The van der Waals surface area contributed by atoms with Crippen LogP contribution in [0.1, 0.15) is 24.5 Å². The maximum Gasteiger partial charge on any atom is 0.416 e. The largest absolute Gasteiger partial charge is 0.476 e. The molecule has 0 aliphatic heterocycles. The molecule has 2 aromatic carbocycles. The van der Waals surface area contributed by atoms with Gasteiger partial charge in [0.25, 0.3) is 5.71 Å². The molecule has 5 nitrogen and oxygen atoms in total. The van der Waals surface area contributed by atoms with Crippen LogP contribution in [0.3, 0.4) is 0 Å². The Morgan fingerprint density at radius 3 is 2.48 bits per heavy atom. The summed E-state index contributed by atoms with van der Waals surface area (Å²) in [5, 5.41) is 0.297. The minimum absolute atomic E-state index is 0.257. The highest BCUT2D eigenvalue weighted by atomic mass is 32.2. The predicted molar refractivity (Wildman–Crippen MR) is 111 cm³/mol. The molecule has 0 fully saturated rings. The van der Waals surface area contributed by atoms with Crippen molar-refractivity contribution in [2.75, 3.05) is 6.61 Å². The van der Waals surface area contributed by atoms with Crippen LogP contribution in [0.25, 0.3) is 22.7 Å². The van der Waals surface area contributed by atoms with Crippen molar-refractivity contribution in [1.29, 1.82) is 0 Å². The highest BCUT2D eigenvalue weighted by Crippen LogP contribution is 2.35. The van der Waals surface area contributed by atoms with Crippen LogP contribution in [0.5, 0.6) is 5.88 Å². The first-order valence-corrected chi connectivity index (χ1v) is 10.4.